The van der Waals surface area contributed by atoms with Gasteiger partial charge in [0.25, 0.3) is 0 Å². The molecule has 0 radical (unpaired) electrons. The smallest absolute Gasteiger partial charge is 0.132 e. The average molecular weight is 373 g/mol. The predicted molar refractivity (Wildman–Crippen MR) is 57.9 cm³/mol. The highest BCUT2D eigenvalue weighted by atomic mass is 127. The number of imidazole rings is 1. The Hall–Kier alpha value is 0.160. The summed E-state index contributed by atoms with van der Waals surface area (Å²) in [5, 5.41) is 8.34. The van der Waals surface area contributed by atoms with Crippen LogP contribution in [0.2, 0.25) is 0 Å². The molecule has 0 atom stereocenters. The molecule has 0 spiro atoms. The van der Waals surface area contributed by atoms with Gasteiger partial charge in [-0.2, -0.15) is 5.26 Å². The van der Waals surface area contributed by atoms with Gasteiger partial charge in [0, 0.05) is 6.54 Å². The molecule has 1 aromatic rings. The van der Waals surface area contributed by atoms with E-state index in [2.05, 4.69) is 56.2 Å². The quantitative estimate of drug-likeness (QED) is 0.745. The molecule has 3 nitrogen and oxygen atoms in total. The minimum absolute atomic E-state index is 0.544. The SMILES string of the molecule is N#CCCn1cnc(I)c1I. The zero-order valence-corrected chi connectivity index (χ0v) is 9.90. The van der Waals surface area contributed by atoms with Crippen LogP contribution in [0.4, 0.5) is 0 Å². The molecule has 0 aromatic carbocycles. The summed E-state index contributed by atoms with van der Waals surface area (Å²) < 4.78 is 4.09. The topological polar surface area (TPSA) is 41.6 Å². The number of aryl methyl sites for hydroxylation is 1. The number of hydrogen-bond donors (Lipinski definition) is 0. The third-order valence-electron chi connectivity index (χ3n) is 1.20. The van der Waals surface area contributed by atoms with Crippen molar-refractivity contribution in [3.63, 3.8) is 0 Å². The fourth-order valence-corrected chi connectivity index (χ4v) is 1.61. The lowest BCUT2D eigenvalue weighted by molar-refractivity contribution is 0.699. The van der Waals surface area contributed by atoms with Crippen LogP contribution >= 0.6 is 45.2 Å². The maximum atomic E-state index is 8.34. The van der Waals surface area contributed by atoms with E-state index in [1.54, 1.807) is 6.33 Å². The van der Waals surface area contributed by atoms with Crippen LogP contribution < -0.4 is 0 Å². The fraction of sp³-hybridized carbons (Fsp3) is 0.333. The van der Waals surface area contributed by atoms with Crippen molar-refractivity contribution in [2.75, 3.05) is 0 Å². The maximum Gasteiger partial charge on any atom is 0.132 e. The van der Waals surface area contributed by atoms with Crippen LogP contribution in [-0.2, 0) is 6.54 Å². The molecule has 0 saturated heterocycles. The third kappa shape index (κ3) is 2.30. The first-order valence-electron chi connectivity index (χ1n) is 2.98. The zero-order chi connectivity index (χ0) is 8.27. The highest BCUT2D eigenvalue weighted by Crippen LogP contribution is 2.12. The van der Waals surface area contributed by atoms with Gasteiger partial charge in [-0.1, -0.05) is 0 Å². The molecule has 0 saturated carbocycles. The molecular formula is C6H5I2N3. The van der Waals surface area contributed by atoms with Crippen molar-refractivity contribution in [1.82, 2.24) is 9.55 Å². The first kappa shape index (κ1) is 9.25. The van der Waals surface area contributed by atoms with Gasteiger partial charge in [0.15, 0.2) is 0 Å². The molecule has 0 bridgehead atoms. The van der Waals surface area contributed by atoms with E-state index in [0.29, 0.717) is 6.42 Å². The standard InChI is InChI=1S/C6H5I2N3/c7-5-6(8)11(4-10-5)3-1-2-9/h4H,1,3H2. The number of hydrogen-bond acceptors (Lipinski definition) is 2. The summed E-state index contributed by atoms with van der Waals surface area (Å²) in [4.78, 5) is 4.10. The molecule has 11 heavy (non-hydrogen) atoms. The van der Waals surface area contributed by atoms with Crippen molar-refractivity contribution in [3.8, 4) is 6.07 Å². The molecule has 0 unspecified atom stereocenters. The summed E-state index contributed by atoms with van der Waals surface area (Å²) in [6.07, 6.45) is 2.31. The second-order valence-corrected chi connectivity index (χ2v) is 3.97. The summed E-state index contributed by atoms with van der Waals surface area (Å²) in [6.45, 7) is 0.741. The monoisotopic (exact) mass is 373 g/mol. The molecule has 0 aliphatic heterocycles. The van der Waals surface area contributed by atoms with Crippen molar-refractivity contribution in [2.24, 2.45) is 0 Å². The fourth-order valence-electron chi connectivity index (χ4n) is 0.669. The van der Waals surface area contributed by atoms with Crippen LogP contribution in [0, 0.1) is 18.7 Å². The van der Waals surface area contributed by atoms with Crippen molar-refractivity contribution in [1.29, 1.82) is 5.26 Å². The molecule has 5 heteroatoms. The first-order chi connectivity index (χ1) is 5.25. The van der Waals surface area contributed by atoms with E-state index in [1.165, 1.54) is 0 Å². The Labute approximate surface area is 92.1 Å². The Balaban J connectivity index is 2.72. The van der Waals surface area contributed by atoms with E-state index >= 15 is 0 Å². The van der Waals surface area contributed by atoms with Crippen molar-refractivity contribution in [2.45, 2.75) is 13.0 Å². The van der Waals surface area contributed by atoms with E-state index in [4.69, 9.17) is 5.26 Å². The third-order valence-corrected chi connectivity index (χ3v) is 4.15. The Kier molecular flexibility index (Phi) is 3.58. The largest absolute Gasteiger partial charge is 0.324 e. The van der Waals surface area contributed by atoms with E-state index < -0.39 is 0 Å². The Morgan fingerprint density at radius 2 is 2.36 bits per heavy atom. The number of nitriles is 1. The first-order valence-corrected chi connectivity index (χ1v) is 5.14. The molecule has 0 N–H and O–H groups in total. The molecule has 0 aliphatic carbocycles. The second-order valence-electron chi connectivity index (χ2n) is 1.93. The minimum atomic E-state index is 0.544. The number of rotatable bonds is 2. The van der Waals surface area contributed by atoms with Crippen molar-refractivity contribution in [3.05, 3.63) is 13.7 Å². The average Bonchev–Trinajstić information content (AvgIpc) is 2.31. The molecular weight excluding hydrogens is 368 g/mol. The van der Waals surface area contributed by atoms with Gasteiger partial charge in [0.2, 0.25) is 0 Å². The highest BCUT2D eigenvalue weighted by molar-refractivity contribution is 14.1. The lowest BCUT2D eigenvalue weighted by Crippen LogP contribution is -1.97. The number of aromatic nitrogens is 2. The molecule has 1 heterocycles. The van der Waals surface area contributed by atoms with Gasteiger partial charge in [-0.25, -0.2) is 4.98 Å². The Bertz CT molecular complexity index is 287. The molecule has 0 aliphatic rings. The lowest BCUT2D eigenvalue weighted by atomic mass is 10.5. The van der Waals surface area contributed by atoms with Crippen molar-refractivity contribution >= 4 is 45.2 Å². The van der Waals surface area contributed by atoms with Crippen LogP contribution in [0.3, 0.4) is 0 Å². The number of nitrogens with zero attached hydrogens (tertiary/aromatic N) is 3. The van der Waals surface area contributed by atoms with E-state index in [0.717, 1.165) is 13.9 Å². The molecule has 1 aromatic heterocycles. The summed E-state index contributed by atoms with van der Waals surface area (Å²) in [5.74, 6) is 0. The Morgan fingerprint density at radius 3 is 2.82 bits per heavy atom. The zero-order valence-electron chi connectivity index (χ0n) is 5.59. The van der Waals surface area contributed by atoms with Gasteiger partial charge in [-0.15, -0.1) is 0 Å². The minimum Gasteiger partial charge on any atom is -0.324 e. The van der Waals surface area contributed by atoms with Gasteiger partial charge < -0.3 is 4.57 Å². The van der Waals surface area contributed by atoms with Crippen LogP contribution in [0.15, 0.2) is 6.33 Å². The van der Waals surface area contributed by atoms with Crippen LogP contribution in [0.5, 0.6) is 0 Å². The summed E-state index contributed by atoms with van der Waals surface area (Å²) in [6, 6.07) is 2.10. The summed E-state index contributed by atoms with van der Waals surface area (Å²) >= 11 is 4.40. The highest BCUT2D eigenvalue weighted by Gasteiger charge is 2.02. The van der Waals surface area contributed by atoms with Gasteiger partial charge in [0.05, 0.1) is 18.8 Å². The molecule has 0 fully saturated rings. The predicted octanol–water partition coefficient (Wildman–Crippen LogP) is 2.01. The normalized spacial score (nSPS) is 9.55. The van der Waals surface area contributed by atoms with Gasteiger partial charge in [-0.3, -0.25) is 0 Å². The van der Waals surface area contributed by atoms with Crippen LogP contribution in [-0.4, -0.2) is 9.55 Å². The summed E-state index contributed by atoms with van der Waals surface area (Å²) in [7, 11) is 0. The van der Waals surface area contributed by atoms with Gasteiger partial charge in [0.1, 0.15) is 7.40 Å². The maximum absolute atomic E-state index is 8.34. The molecule has 58 valence electrons. The van der Waals surface area contributed by atoms with Crippen LogP contribution in [0.25, 0.3) is 0 Å². The van der Waals surface area contributed by atoms with E-state index in [-0.39, 0.29) is 0 Å². The molecule has 0 amide bonds. The summed E-state index contributed by atoms with van der Waals surface area (Å²) in [5.41, 5.74) is 0. The Morgan fingerprint density at radius 1 is 1.64 bits per heavy atom. The van der Waals surface area contributed by atoms with Gasteiger partial charge in [-0.05, 0) is 45.2 Å². The van der Waals surface area contributed by atoms with Gasteiger partial charge >= 0.3 is 0 Å². The van der Waals surface area contributed by atoms with E-state index in [1.807, 2.05) is 4.57 Å². The number of halogens is 2. The van der Waals surface area contributed by atoms with Crippen LogP contribution in [0.1, 0.15) is 6.42 Å². The lowest BCUT2D eigenvalue weighted by Gasteiger charge is -1.97. The van der Waals surface area contributed by atoms with Crippen molar-refractivity contribution < 1.29 is 0 Å². The molecule has 1 rings (SSSR count). The van der Waals surface area contributed by atoms with E-state index in [9.17, 15) is 0 Å². The second kappa shape index (κ2) is 4.25.